The van der Waals surface area contributed by atoms with Gasteiger partial charge in [0.1, 0.15) is 17.1 Å². The van der Waals surface area contributed by atoms with E-state index in [0.717, 1.165) is 15.6 Å². The van der Waals surface area contributed by atoms with Crippen LogP contribution in [0.4, 0.5) is 13.2 Å². The predicted octanol–water partition coefficient (Wildman–Crippen LogP) is 6.07. The molecule has 170 valence electrons. The van der Waals surface area contributed by atoms with Gasteiger partial charge in [0.15, 0.2) is 5.82 Å². The second-order valence-corrected chi connectivity index (χ2v) is 7.70. The number of rotatable bonds is 4. The lowest BCUT2D eigenvalue weighted by molar-refractivity contribution is -0.144. The number of aryl methyl sites for hydroxylation is 2. The van der Waals surface area contributed by atoms with E-state index in [2.05, 4.69) is 31.0 Å². The van der Waals surface area contributed by atoms with Crippen molar-refractivity contribution in [2.45, 2.75) is 40.4 Å². The number of hydrogen-bond acceptors (Lipinski definition) is 4. The van der Waals surface area contributed by atoms with Gasteiger partial charge >= 0.3 is 6.18 Å². The molecule has 0 amide bonds. The van der Waals surface area contributed by atoms with E-state index in [9.17, 15) is 13.2 Å². The lowest BCUT2D eigenvalue weighted by Gasteiger charge is -2.06. The minimum absolute atomic E-state index is 0.0631. The molecule has 0 aliphatic heterocycles. The molecule has 0 radical (unpaired) electrons. The van der Waals surface area contributed by atoms with E-state index < -0.39 is 12.0 Å². The second kappa shape index (κ2) is 9.32. The molecule has 0 aliphatic rings. The molecule has 0 N–H and O–H groups in total. The van der Waals surface area contributed by atoms with E-state index >= 15 is 0 Å². The highest BCUT2D eigenvalue weighted by molar-refractivity contribution is 9.10. The van der Waals surface area contributed by atoms with E-state index in [1.807, 2.05) is 37.4 Å². The number of benzene rings is 1. The van der Waals surface area contributed by atoms with Gasteiger partial charge in [-0.1, -0.05) is 26.0 Å². The Labute approximate surface area is 192 Å². The van der Waals surface area contributed by atoms with Crippen LogP contribution in [0.2, 0.25) is 0 Å². The maximum Gasteiger partial charge on any atom is 0.453 e. The third-order valence-electron chi connectivity index (χ3n) is 4.77. The number of pyridine rings is 1. The second-order valence-electron chi connectivity index (χ2n) is 6.84. The van der Waals surface area contributed by atoms with Gasteiger partial charge < -0.3 is 9.14 Å². The Morgan fingerprint density at radius 1 is 1.06 bits per heavy atom. The van der Waals surface area contributed by atoms with Crippen LogP contribution in [0.25, 0.3) is 17.2 Å². The smallest absolute Gasteiger partial charge is 0.453 e. The molecule has 0 atom stereocenters. The zero-order chi connectivity index (χ0) is 23.6. The molecule has 4 rings (SSSR count). The van der Waals surface area contributed by atoms with Crippen molar-refractivity contribution in [2.24, 2.45) is 0 Å². The number of methoxy groups -OCH3 is 1. The first-order valence-corrected chi connectivity index (χ1v) is 10.8. The molecule has 3 aromatic heterocycles. The van der Waals surface area contributed by atoms with Gasteiger partial charge in [-0.2, -0.15) is 13.2 Å². The van der Waals surface area contributed by atoms with Crippen molar-refractivity contribution in [3.63, 3.8) is 0 Å². The molecule has 0 unspecified atom stereocenters. The first-order chi connectivity index (χ1) is 15.2. The average molecular weight is 510 g/mol. The maximum absolute atomic E-state index is 13.4. The van der Waals surface area contributed by atoms with Crippen LogP contribution in [0.3, 0.4) is 0 Å². The van der Waals surface area contributed by atoms with Crippen LogP contribution in [0.1, 0.15) is 36.5 Å². The molecule has 0 aliphatic carbocycles. The number of nitrogens with zero attached hydrogens (tertiary/aromatic N) is 5. The van der Waals surface area contributed by atoms with Gasteiger partial charge in [-0.15, -0.1) is 5.10 Å². The highest BCUT2D eigenvalue weighted by Gasteiger charge is 2.38. The largest absolute Gasteiger partial charge is 0.497 e. The molecular weight excluding hydrogens is 487 g/mol. The van der Waals surface area contributed by atoms with Crippen LogP contribution in [0.5, 0.6) is 5.75 Å². The maximum atomic E-state index is 13.4. The standard InChI is InChI=1S/C20H17BrF3N5O.C2H6/c1-11-8-16-25-17(12(2)28(16)10-15(11)21)18-26-19(20(22,23)24)27-29(18)9-13-4-6-14(30-3)7-5-13;1-2/h4-8,10H,9H2,1-3H3;1-2H3. The normalized spacial score (nSPS) is 11.4. The monoisotopic (exact) mass is 509 g/mol. The van der Waals surface area contributed by atoms with E-state index in [4.69, 9.17) is 4.74 Å². The van der Waals surface area contributed by atoms with Crippen molar-refractivity contribution in [3.05, 3.63) is 63.6 Å². The number of fused-ring (bicyclic) bond motifs is 1. The van der Waals surface area contributed by atoms with Gasteiger partial charge in [0.25, 0.3) is 5.82 Å². The summed E-state index contributed by atoms with van der Waals surface area (Å²) in [6.07, 6.45) is -2.82. The highest BCUT2D eigenvalue weighted by atomic mass is 79.9. The van der Waals surface area contributed by atoms with Gasteiger partial charge in [0.2, 0.25) is 0 Å². The van der Waals surface area contributed by atoms with Gasteiger partial charge in [0.05, 0.1) is 19.3 Å². The fourth-order valence-corrected chi connectivity index (χ4v) is 3.46. The zero-order valence-corrected chi connectivity index (χ0v) is 19.9. The van der Waals surface area contributed by atoms with Crippen LogP contribution < -0.4 is 4.74 Å². The summed E-state index contributed by atoms with van der Waals surface area (Å²) in [4.78, 5) is 8.34. The number of hydrogen-bond donors (Lipinski definition) is 0. The summed E-state index contributed by atoms with van der Waals surface area (Å²) < 4.78 is 49.1. The van der Waals surface area contributed by atoms with Crippen molar-refractivity contribution in [1.29, 1.82) is 0 Å². The Morgan fingerprint density at radius 3 is 2.31 bits per heavy atom. The predicted molar refractivity (Wildman–Crippen MR) is 120 cm³/mol. The van der Waals surface area contributed by atoms with E-state index in [0.29, 0.717) is 22.8 Å². The third kappa shape index (κ3) is 4.64. The first kappa shape index (κ1) is 23.8. The Kier molecular flexibility index (Phi) is 6.92. The lowest BCUT2D eigenvalue weighted by atomic mass is 10.2. The fourth-order valence-electron chi connectivity index (χ4n) is 3.14. The van der Waals surface area contributed by atoms with Crippen LogP contribution in [0, 0.1) is 13.8 Å². The van der Waals surface area contributed by atoms with Crippen LogP contribution in [-0.4, -0.2) is 31.3 Å². The SMILES string of the molecule is CC.COc1ccc(Cn2nc(C(F)(F)F)nc2-c2nc3cc(C)c(Br)cn3c2C)cc1. The topological polar surface area (TPSA) is 57.2 Å². The molecule has 0 bridgehead atoms. The number of imidazole rings is 1. The van der Waals surface area contributed by atoms with Crippen LogP contribution in [-0.2, 0) is 12.7 Å². The van der Waals surface area contributed by atoms with Crippen molar-refractivity contribution in [2.75, 3.05) is 7.11 Å². The summed E-state index contributed by atoms with van der Waals surface area (Å²) >= 11 is 3.48. The summed E-state index contributed by atoms with van der Waals surface area (Å²) in [5.41, 5.74) is 3.37. The summed E-state index contributed by atoms with van der Waals surface area (Å²) in [6, 6.07) is 8.89. The average Bonchev–Trinajstić information content (AvgIpc) is 3.32. The van der Waals surface area contributed by atoms with Crippen molar-refractivity contribution in [3.8, 4) is 17.3 Å². The molecule has 6 nitrogen and oxygen atoms in total. The van der Waals surface area contributed by atoms with Gasteiger partial charge in [0, 0.05) is 10.7 Å². The van der Waals surface area contributed by atoms with Crippen LogP contribution in [0.15, 0.2) is 41.0 Å². The van der Waals surface area contributed by atoms with Gasteiger partial charge in [-0.25, -0.2) is 14.6 Å². The summed E-state index contributed by atoms with van der Waals surface area (Å²) in [6.45, 7) is 7.82. The molecule has 0 fully saturated rings. The molecule has 1 aromatic carbocycles. The van der Waals surface area contributed by atoms with Crippen LogP contribution >= 0.6 is 15.9 Å². The van der Waals surface area contributed by atoms with Crippen molar-refractivity contribution < 1.29 is 17.9 Å². The first-order valence-electron chi connectivity index (χ1n) is 9.97. The van der Waals surface area contributed by atoms with Gasteiger partial charge in [-0.05, 0) is 59.1 Å². The Bertz CT molecular complexity index is 1230. The Hall–Kier alpha value is -2.88. The molecule has 0 spiro atoms. The number of aromatic nitrogens is 5. The van der Waals surface area contributed by atoms with E-state index in [-0.39, 0.29) is 12.4 Å². The Balaban J connectivity index is 0.00000141. The summed E-state index contributed by atoms with van der Waals surface area (Å²) in [5.74, 6) is -0.473. The minimum Gasteiger partial charge on any atom is -0.497 e. The van der Waals surface area contributed by atoms with E-state index in [1.54, 1.807) is 38.3 Å². The van der Waals surface area contributed by atoms with Crippen molar-refractivity contribution >= 4 is 21.6 Å². The molecule has 10 heteroatoms. The lowest BCUT2D eigenvalue weighted by Crippen LogP contribution is -2.09. The third-order valence-corrected chi connectivity index (χ3v) is 5.60. The molecular formula is C22H23BrF3N5O. The summed E-state index contributed by atoms with van der Waals surface area (Å²) in [5, 5.41) is 3.73. The number of halogens is 4. The molecule has 0 saturated heterocycles. The van der Waals surface area contributed by atoms with E-state index in [1.165, 1.54) is 4.68 Å². The highest BCUT2D eigenvalue weighted by Crippen LogP contribution is 2.31. The minimum atomic E-state index is -4.66. The number of alkyl halides is 3. The quantitative estimate of drug-likeness (QED) is 0.334. The molecule has 4 aromatic rings. The molecule has 3 heterocycles. The number of ether oxygens (including phenoxy) is 1. The molecule has 32 heavy (non-hydrogen) atoms. The van der Waals surface area contributed by atoms with Crippen molar-refractivity contribution in [1.82, 2.24) is 24.1 Å². The Morgan fingerprint density at radius 2 is 1.72 bits per heavy atom. The zero-order valence-electron chi connectivity index (χ0n) is 18.3. The fraction of sp³-hybridized carbons (Fsp3) is 0.318. The molecule has 0 saturated carbocycles. The van der Waals surface area contributed by atoms with Gasteiger partial charge in [-0.3, -0.25) is 0 Å². The summed E-state index contributed by atoms with van der Waals surface area (Å²) in [7, 11) is 1.55.